The second kappa shape index (κ2) is 11.2. The van der Waals surface area contributed by atoms with Crippen LogP contribution >= 0.6 is 23.2 Å². The fourth-order valence-corrected chi connectivity index (χ4v) is 3.03. The predicted molar refractivity (Wildman–Crippen MR) is 110 cm³/mol. The summed E-state index contributed by atoms with van der Waals surface area (Å²) < 4.78 is 7.43. The molecule has 2 aromatic rings. The van der Waals surface area contributed by atoms with Crippen LogP contribution in [0.1, 0.15) is 26.7 Å². The molecule has 27 heavy (non-hydrogen) atoms. The number of rotatable bonds is 11. The Hall–Kier alpha value is -1.76. The molecule has 0 saturated heterocycles. The van der Waals surface area contributed by atoms with E-state index in [-0.39, 0.29) is 5.91 Å². The van der Waals surface area contributed by atoms with E-state index < -0.39 is 0 Å². The largest absolute Gasteiger partial charge is 0.492 e. The highest BCUT2D eigenvalue weighted by Crippen LogP contribution is 2.27. The van der Waals surface area contributed by atoms with Gasteiger partial charge in [0.2, 0.25) is 5.91 Å². The third-order valence-electron chi connectivity index (χ3n) is 4.16. The lowest BCUT2D eigenvalue weighted by Crippen LogP contribution is -2.27. The van der Waals surface area contributed by atoms with Gasteiger partial charge in [-0.05, 0) is 37.7 Å². The lowest BCUT2D eigenvalue weighted by atomic mass is 10.3. The number of ether oxygens (including phenoxy) is 1. The average Bonchev–Trinajstić information content (AvgIpc) is 3.08. The molecule has 2 rings (SSSR count). The first kappa shape index (κ1) is 21.5. The number of aromatic nitrogens is 2. The summed E-state index contributed by atoms with van der Waals surface area (Å²) in [5.41, 5.74) is 0.709. The maximum absolute atomic E-state index is 12.0. The van der Waals surface area contributed by atoms with Crippen LogP contribution in [0.3, 0.4) is 0 Å². The van der Waals surface area contributed by atoms with Crippen molar-refractivity contribution in [1.29, 1.82) is 0 Å². The van der Waals surface area contributed by atoms with Gasteiger partial charge in [-0.15, -0.1) is 0 Å². The Morgan fingerprint density at radius 3 is 2.78 bits per heavy atom. The summed E-state index contributed by atoms with van der Waals surface area (Å²) in [6.07, 6.45) is 4.46. The molecule has 1 N–H and O–H groups in total. The Bertz CT molecular complexity index is 732. The van der Waals surface area contributed by atoms with E-state index in [1.54, 1.807) is 24.4 Å². The third kappa shape index (κ3) is 7.40. The molecule has 0 aliphatic carbocycles. The summed E-state index contributed by atoms with van der Waals surface area (Å²) in [7, 11) is 0. The van der Waals surface area contributed by atoms with Gasteiger partial charge in [0.05, 0.1) is 30.1 Å². The summed E-state index contributed by atoms with van der Waals surface area (Å²) in [5, 5.41) is 8.17. The highest BCUT2D eigenvalue weighted by atomic mass is 35.5. The number of hydrogen-bond donors (Lipinski definition) is 1. The molecule has 0 unspecified atom stereocenters. The third-order valence-corrected chi connectivity index (χ3v) is 4.69. The van der Waals surface area contributed by atoms with Gasteiger partial charge in [0.1, 0.15) is 5.75 Å². The van der Waals surface area contributed by atoms with Crippen molar-refractivity contribution in [3.05, 3.63) is 40.6 Å². The maximum atomic E-state index is 12.0. The van der Waals surface area contributed by atoms with Gasteiger partial charge >= 0.3 is 0 Å². The SMILES string of the molecule is CCN(CC)CCn1cc(NC(=O)CCCOc2ccc(Cl)cc2Cl)cn1. The molecule has 6 nitrogen and oxygen atoms in total. The van der Waals surface area contributed by atoms with E-state index in [9.17, 15) is 4.79 Å². The molecule has 148 valence electrons. The first-order chi connectivity index (χ1) is 13.0. The monoisotopic (exact) mass is 412 g/mol. The van der Waals surface area contributed by atoms with Gasteiger partial charge in [0, 0.05) is 24.2 Å². The topological polar surface area (TPSA) is 59.4 Å². The standard InChI is InChI=1S/C19H26Cl2N4O2/c1-3-24(4-2)9-10-25-14-16(13-22-25)23-19(26)6-5-11-27-18-8-7-15(20)12-17(18)21/h7-8,12-14H,3-6,9-11H2,1-2H3,(H,23,26). The zero-order chi connectivity index (χ0) is 19.6. The molecule has 0 fully saturated rings. The number of benzene rings is 1. The average molecular weight is 413 g/mol. The first-order valence-corrected chi connectivity index (χ1v) is 9.90. The molecule has 8 heteroatoms. The Labute approximate surface area is 170 Å². The van der Waals surface area contributed by atoms with E-state index in [0.29, 0.717) is 40.9 Å². The van der Waals surface area contributed by atoms with Crippen LogP contribution in [0.4, 0.5) is 5.69 Å². The predicted octanol–water partition coefficient (Wildman–Crippen LogP) is 4.33. The molecule has 1 aromatic carbocycles. The van der Waals surface area contributed by atoms with Crippen LogP contribution in [0.2, 0.25) is 10.0 Å². The summed E-state index contributed by atoms with van der Waals surface area (Å²) in [5.74, 6) is 0.500. The van der Waals surface area contributed by atoms with Crippen LogP contribution in [0, 0.1) is 0 Å². The van der Waals surface area contributed by atoms with Gasteiger partial charge in [-0.25, -0.2) is 0 Å². The number of nitrogens with one attached hydrogen (secondary N) is 1. The fraction of sp³-hybridized carbons (Fsp3) is 0.474. The van der Waals surface area contributed by atoms with E-state index in [0.717, 1.165) is 26.2 Å². The summed E-state index contributed by atoms with van der Waals surface area (Å²) in [6.45, 7) is 8.46. The summed E-state index contributed by atoms with van der Waals surface area (Å²) >= 11 is 11.9. The van der Waals surface area contributed by atoms with Crippen molar-refractivity contribution in [2.24, 2.45) is 0 Å². The minimum absolute atomic E-state index is 0.0657. The molecule has 0 aliphatic rings. The molecular formula is C19H26Cl2N4O2. The zero-order valence-corrected chi connectivity index (χ0v) is 17.3. The van der Waals surface area contributed by atoms with Crippen molar-refractivity contribution in [3.63, 3.8) is 0 Å². The molecule has 0 bridgehead atoms. The lowest BCUT2D eigenvalue weighted by molar-refractivity contribution is -0.116. The quantitative estimate of drug-likeness (QED) is 0.557. The normalized spacial score (nSPS) is 11.0. The number of nitrogens with zero attached hydrogens (tertiary/aromatic N) is 3. The molecule has 0 radical (unpaired) electrons. The number of anilines is 1. The van der Waals surface area contributed by atoms with Crippen LogP contribution in [0.25, 0.3) is 0 Å². The lowest BCUT2D eigenvalue weighted by Gasteiger charge is -2.17. The number of carbonyl (C=O) groups excluding carboxylic acids is 1. The summed E-state index contributed by atoms with van der Waals surface area (Å²) in [6, 6.07) is 5.06. The van der Waals surface area contributed by atoms with Crippen molar-refractivity contribution in [3.8, 4) is 5.75 Å². The van der Waals surface area contributed by atoms with Crippen molar-refractivity contribution in [2.75, 3.05) is 31.6 Å². The van der Waals surface area contributed by atoms with E-state index >= 15 is 0 Å². The van der Waals surface area contributed by atoms with Gasteiger partial charge in [0.25, 0.3) is 0 Å². The Morgan fingerprint density at radius 1 is 1.30 bits per heavy atom. The molecule has 0 saturated carbocycles. The minimum Gasteiger partial charge on any atom is -0.492 e. The second-order valence-corrected chi connectivity index (χ2v) is 6.94. The number of halogens is 2. The molecule has 1 heterocycles. The maximum Gasteiger partial charge on any atom is 0.224 e. The van der Waals surface area contributed by atoms with E-state index in [1.165, 1.54) is 0 Å². The number of carbonyl (C=O) groups is 1. The van der Waals surface area contributed by atoms with Crippen LogP contribution < -0.4 is 10.1 Å². The zero-order valence-electron chi connectivity index (χ0n) is 15.8. The Kier molecular flexibility index (Phi) is 8.91. The molecule has 0 atom stereocenters. The van der Waals surface area contributed by atoms with Crippen molar-refractivity contribution in [1.82, 2.24) is 14.7 Å². The molecular weight excluding hydrogens is 387 g/mol. The van der Waals surface area contributed by atoms with Gasteiger partial charge in [-0.3, -0.25) is 9.48 Å². The number of likely N-dealkylation sites (N-methyl/N-ethyl adjacent to an activating group) is 1. The second-order valence-electron chi connectivity index (χ2n) is 6.09. The fourth-order valence-electron chi connectivity index (χ4n) is 2.56. The van der Waals surface area contributed by atoms with Crippen LogP contribution in [0.15, 0.2) is 30.6 Å². The molecule has 0 aliphatic heterocycles. The highest BCUT2D eigenvalue weighted by Gasteiger charge is 2.07. The Balaban J connectivity index is 1.68. The number of hydrogen-bond acceptors (Lipinski definition) is 4. The van der Waals surface area contributed by atoms with Gasteiger partial charge in [-0.2, -0.15) is 5.10 Å². The number of amides is 1. The molecule has 1 aromatic heterocycles. The smallest absolute Gasteiger partial charge is 0.224 e. The van der Waals surface area contributed by atoms with Crippen LogP contribution in [0.5, 0.6) is 5.75 Å². The minimum atomic E-state index is -0.0657. The van der Waals surface area contributed by atoms with Crippen LogP contribution in [-0.4, -0.2) is 46.8 Å². The first-order valence-electron chi connectivity index (χ1n) is 9.14. The van der Waals surface area contributed by atoms with E-state index in [4.69, 9.17) is 27.9 Å². The molecule has 0 spiro atoms. The highest BCUT2D eigenvalue weighted by molar-refractivity contribution is 6.35. The van der Waals surface area contributed by atoms with Crippen molar-refractivity contribution < 1.29 is 9.53 Å². The van der Waals surface area contributed by atoms with Crippen molar-refractivity contribution in [2.45, 2.75) is 33.2 Å². The molecule has 1 amide bonds. The van der Waals surface area contributed by atoms with Gasteiger partial charge < -0.3 is 15.0 Å². The van der Waals surface area contributed by atoms with Gasteiger partial charge in [0.15, 0.2) is 0 Å². The summed E-state index contributed by atoms with van der Waals surface area (Å²) in [4.78, 5) is 14.4. The van der Waals surface area contributed by atoms with Gasteiger partial charge in [-0.1, -0.05) is 37.0 Å². The Morgan fingerprint density at radius 2 is 2.07 bits per heavy atom. The van der Waals surface area contributed by atoms with E-state index in [2.05, 4.69) is 29.2 Å². The van der Waals surface area contributed by atoms with Crippen LogP contribution in [-0.2, 0) is 11.3 Å². The van der Waals surface area contributed by atoms with Crippen molar-refractivity contribution >= 4 is 34.8 Å². The van der Waals surface area contributed by atoms with E-state index in [1.807, 2.05) is 10.9 Å².